The molecular formula is C26H27ClN2O5S. The van der Waals surface area contributed by atoms with Gasteiger partial charge in [0.1, 0.15) is 11.8 Å². The van der Waals surface area contributed by atoms with Crippen LogP contribution in [0.3, 0.4) is 0 Å². The Morgan fingerprint density at radius 2 is 1.69 bits per heavy atom. The predicted octanol–water partition coefficient (Wildman–Crippen LogP) is 4.60. The lowest BCUT2D eigenvalue weighted by atomic mass is 10.0. The molecule has 0 heterocycles. The average molecular weight is 515 g/mol. The van der Waals surface area contributed by atoms with E-state index in [1.807, 2.05) is 6.07 Å². The minimum atomic E-state index is -4.17. The Bertz CT molecular complexity index is 1220. The van der Waals surface area contributed by atoms with Gasteiger partial charge >= 0.3 is 0 Å². The lowest BCUT2D eigenvalue weighted by Gasteiger charge is -2.30. The van der Waals surface area contributed by atoms with Crippen molar-refractivity contribution < 1.29 is 23.2 Å². The van der Waals surface area contributed by atoms with E-state index < -0.39 is 22.0 Å². The van der Waals surface area contributed by atoms with Crippen molar-refractivity contribution in [2.45, 2.75) is 30.3 Å². The first-order valence-electron chi connectivity index (χ1n) is 10.9. The first-order valence-corrected chi connectivity index (χ1v) is 12.7. The fourth-order valence-corrected chi connectivity index (χ4v) is 5.17. The van der Waals surface area contributed by atoms with Gasteiger partial charge in [-0.3, -0.25) is 10.0 Å². The molecule has 1 amide bonds. The number of carbonyl (C=O) groups excluding carboxylic acids is 1. The van der Waals surface area contributed by atoms with Gasteiger partial charge in [-0.1, -0.05) is 60.1 Å². The lowest BCUT2D eigenvalue weighted by Crippen LogP contribution is -2.49. The van der Waals surface area contributed by atoms with Crippen LogP contribution in [-0.2, 0) is 27.8 Å². The molecule has 0 aliphatic heterocycles. The second kappa shape index (κ2) is 12.5. The molecular weight excluding hydrogens is 488 g/mol. The van der Waals surface area contributed by atoms with E-state index in [0.29, 0.717) is 29.4 Å². The number of hydrogen-bond acceptors (Lipinski definition) is 5. The number of rotatable bonds is 12. The van der Waals surface area contributed by atoms with Crippen LogP contribution < -0.4 is 10.2 Å². The molecule has 0 bridgehead atoms. The van der Waals surface area contributed by atoms with Gasteiger partial charge in [0.05, 0.1) is 11.5 Å². The zero-order valence-electron chi connectivity index (χ0n) is 19.0. The van der Waals surface area contributed by atoms with Crippen LogP contribution in [0.25, 0.3) is 0 Å². The molecule has 0 spiro atoms. The molecule has 184 valence electrons. The standard InChI is InChI=1S/C26H27ClN2O5S/c1-2-3-17-34-23-13-15-24(16-14-23)35(32,33)29(19-21-9-11-22(27)12-10-21)25(26(30)28-31)18-20-7-5-4-6-8-20/h2,4-16,25,31H,1,3,17-19H2,(H,28,30)/t25-/m1/s1. The van der Waals surface area contributed by atoms with Crippen LogP contribution in [-0.4, -0.2) is 36.5 Å². The second-order valence-electron chi connectivity index (χ2n) is 7.76. The molecule has 0 aliphatic rings. The minimum absolute atomic E-state index is 0.00802. The van der Waals surface area contributed by atoms with E-state index in [2.05, 4.69) is 6.58 Å². The van der Waals surface area contributed by atoms with Crippen LogP contribution in [0.4, 0.5) is 0 Å². The Kier molecular flexibility index (Phi) is 9.45. The smallest absolute Gasteiger partial charge is 0.262 e. The van der Waals surface area contributed by atoms with Gasteiger partial charge < -0.3 is 4.74 Å². The van der Waals surface area contributed by atoms with Crippen LogP contribution in [0.1, 0.15) is 17.5 Å². The summed E-state index contributed by atoms with van der Waals surface area (Å²) in [7, 11) is -4.17. The van der Waals surface area contributed by atoms with Gasteiger partial charge in [-0.15, -0.1) is 6.58 Å². The number of carbonyl (C=O) groups is 1. The van der Waals surface area contributed by atoms with Gasteiger partial charge in [0.15, 0.2) is 0 Å². The number of sulfonamides is 1. The quantitative estimate of drug-likeness (QED) is 0.159. The van der Waals surface area contributed by atoms with Gasteiger partial charge in [0, 0.05) is 11.6 Å². The molecule has 0 unspecified atom stereocenters. The molecule has 0 radical (unpaired) electrons. The van der Waals surface area contributed by atoms with Crippen molar-refractivity contribution in [3.05, 3.63) is 108 Å². The number of nitrogens with one attached hydrogen (secondary N) is 1. The fourth-order valence-electron chi connectivity index (χ4n) is 3.47. The molecule has 0 fully saturated rings. The van der Waals surface area contributed by atoms with Crippen LogP contribution in [0.15, 0.2) is 96.4 Å². The lowest BCUT2D eigenvalue weighted by molar-refractivity contribution is -0.133. The van der Waals surface area contributed by atoms with Crippen molar-refractivity contribution >= 4 is 27.5 Å². The maximum absolute atomic E-state index is 13.8. The highest BCUT2D eigenvalue weighted by Crippen LogP contribution is 2.26. The van der Waals surface area contributed by atoms with Crippen LogP contribution >= 0.6 is 11.6 Å². The van der Waals surface area contributed by atoms with Crippen LogP contribution in [0.5, 0.6) is 5.75 Å². The third-order valence-electron chi connectivity index (χ3n) is 5.31. The van der Waals surface area contributed by atoms with Gasteiger partial charge in [0.2, 0.25) is 10.0 Å². The summed E-state index contributed by atoms with van der Waals surface area (Å²) in [6.07, 6.45) is 2.45. The van der Waals surface area contributed by atoms with E-state index >= 15 is 0 Å². The van der Waals surface area contributed by atoms with Gasteiger partial charge in [-0.2, -0.15) is 4.31 Å². The van der Waals surface area contributed by atoms with Crippen LogP contribution in [0, 0.1) is 0 Å². The Hall–Kier alpha value is -3.17. The zero-order valence-corrected chi connectivity index (χ0v) is 20.6. The molecule has 35 heavy (non-hydrogen) atoms. The molecule has 2 N–H and O–H groups in total. The molecule has 0 aromatic heterocycles. The van der Waals surface area contributed by atoms with E-state index in [0.717, 1.165) is 9.87 Å². The minimum Gasteiger partial charge on any atom is -0.493 e. The van der Waals surface area contributed by atoms with Crippen molar-refractivity contribution in [1.29, 1.82) is 0 Å². The SMILES string of the molecule is C=CCCOc1ccc(S(=O)(=O)N(Cc2ccc(Cl)cc2)[C@H](Cc2ccccc2)C(=O)NO)cc1. The average Bonchev–Trinajstić information content (AvgIpc) is 2.88. The third-order valence-corrected chi connectivity index (χ3v) is 7.43. The van der Waals surface area contributed by atoms with Gasteiger partial charge in [-0.05, 0) is 60.4 Å². The van der Waals surface area contributed by atoms with Gasteiger partial charge in [-0.25, -0.2) is 13.9 Å². The molecule has 0 aliphatic carbocycles. The summed E-state index contributed by atoms with van der Waals surface area (Å²) in [5.74, 6) is -0.320. The molecule has 0 saturated carbocycles. The van der Waals surface area contributed by atoms with E-state index in [-0.39, 0.29) is 17.9 Å². The maximum Gasteiger partial charge on any atom is 0.262 e. The van der Waals surface area contributed by atoms with Crippen molar-refractivity contribution in [3.63, 3.8) is 0 Å². The molecule has 3 rings (SSSR count). The van der Waals surface area contributed by atoms with E-state index in [9.17, 15) is 18.4 Å². The summed E-state index contributed by atoms with van der Waals surface area (Å²) in [5.41, 5.74) is 3.00. The first-order chi connectivity index (χ1) is 16.8. The number of halogens is 1. The molecule has 7 nitrogen and oxygen atoms in total. The third kappa shape index (κ3) is 7.16. The number of hydrogen-bond donors (Lipinski definition) is 2. The summed E-state index contributed by atoms with van der Waals surface area (Å²) in [4.78, 5) is 12.8. The largest absolute Gasteiger partial charge is 0.493 e. The topological polar surface area (TPSA) is 95.9 Å². The summed E-state index contributed by atoms with van der Waals surface area (Å²) < 4.78 is 34.3. The Morgan fingerprint density at radius 1 is 1.03 bits per heavy atom. The van der Waals surface area contributed by atoms with Crippen molar-refractivity contribution in [2.24, 2.45) is 0 Å². The van der Waals surface area contributed by atoms with Crippen molar-refractivity contribution in [2.75, 3.05) is 6.61 Å². The number of ether oxygens (including phenoxy) is 1. The Labute approximate surface area is 210 Å². The normalized spacial score (nSPS) is 12.2. The maximum atomic E-state index is 13.8. The fraction of sp³-hybridized carbons (Fsp3) is 0.192. The molecule has 1 atom stereocenters. The highest BCUT2D eigenvalue weighted by Gasteiger charge is 2.36. The predicted molar refractivity (Wildman–Crippen MR) is 135 cm³/mol. The van der Waals surface area contributed by atoms with E-state index in [1.54, 1.807) is 72.2 Å². The summed E-state index contributed by atoms with van der Waals surface area (Å²) in [6.45, 7) is 3.96. The first kappa shape index (κ1) is 26.4. The number of benzene rings is 3. The summed E-state index contributed by atoms with van der Waals surface area (Å²) >= 11 is 5.99. The number of nitrogens with zero attached hydrogens (tertiary/aromatic N) is 1. The second-order valence-corrected chi connectivity index (χ2v) is 10.1. The molecule has 3 aromatic rings. The van der Waals surface area contributed by atoms with Gasteiger partial charge in [0.25, 0.3) is 5.91 Å². The monoisotopic (exact) mass is 514 g/mol. The highest BCUT2D eigenvalue weighted by molar-refractivity contribution is 7.89. The Morgan fingerprint density at radius 3 is 2.29 bits per heavy atom. The van der Waals surface area contributed by atoms with Crippen molar-refractivity contribution in [1.82, 2.24) is 9.79 Å². The molecule has 9 heteroatoms. The molecule has 3 aromatic carbocycles. The highest BCUT2D eigenvalue weighted by atomic mass is 35.5. The number of amides is 1. The van der Waals surface area contributed by atoms with Crippen molar-refractivity contribution in [3.8, 4) is 5.75 Å². The molecule has 0 saturated heterocycles. The summed E-state index contributed by atoms with van der Waals surface area (Å²) in [5, 5.41) is 9.95. The Balaban J connectivity index is 2.00. The van der Waals surface area contributed by atoms with E-state index in [1.165, 1.54) is 12.1 Å². The van der Waals surface area contributed by atoms with E-state index in [4.69, 9.17) is 16.3 Å². The summed E-state index contributed by atoms with van der Waals surface area (Å²) in [6, 6.07) is 20.5. The number of hydroxylamine groups is 1. The van der Waals surface area contributed by atoms with Crippen LogP contribution in [0.2, 0.25) is 5.02 Å². The zero-order chi connectivity index (χ0) is 25.3.